The number of ether oxygens (including phenoxy) is 1. The lowest BCUT2D eigenvalue weighted by molar-refractivity contribution is -0.0233. The van der Waals surface area contributed by atoms with Crippen molar-refractivity contribution in [2.24, 2.45) is 5.92 Å². The van der Waals surface area contributed by atoms with Crippen molar-refractivity contribution in [1.82, 2.24) is 5.32 Å². The van der Waals surface area contributed by atoms with Crippen molar-refractivity contribution in [2.75, 3.05) is 13.1 Å². The third-order valence-electron chi connectivity index (χ3n) is 5.53. The van der Waals surface area contributed by atoms with E-state index in [9.17, 15) is 9.18 Å². The van der Waals surface area contributed by atoms with Crippen LogP contribution in [0.3, 0.4) is 0 Å². The minimum atomic E-state index is -0.470. The van der Waals surface area contributed by atoms with Crippen LogP contribution in [0.25, 0.3) is 0 Å². The van der Waals surface area contributed by atoms with Gasteiger partial charge in [-0.3, -0.25) is 4.79 Å². The van der Waals surface area contributed by atoms with E-state index in [0.717, 1.165) is 25.9 Å². The van der Waals surface area contributed by atoms with Gasteiger partial charge < -0.3 is 10.1 Å². The molecule has 0 saturated carbocycles. The highest BCUT2D eigenvalue weighted by molar-refractivity contribution is 6.02. The van der Waals surface area contributed by atoms with Gasteiger partial charge in [-0.25, -0.2) is 4.39 Å². The van der Waals surface area contributed by atoms with Crippen LogP contribution in [-0.2, 0) is 6.42 Å². The number of benzene rings is 2. The SMILES string of the molecule is O=C1c2ccccc2OC2(CCNCC2)C1CCc1ccccc1F. The molecular formula is C21H22FNO2. The second-order valence-corrected chi connectivity index (χ2v) is 6.96. The van der Waals surface area contributed by atoms with Gasteiger partial charge in [-0.05, 0) is 49.7 Å². The number of aryl methyl sites for hydroxylation is 1. The number of piperidine rings is 1. The van der Waals surface area contributed by atoms with Crippen LogP contribution >= 0.6 is 0 Å². The van der Waals surface area contributed by atoms with Gasteiger partial charge in [0.15, 0.2) is 5.78 Å². The number of halogens is 1. The quantitative estimate of drug-likeness (QED) is 0.925. The molecule has 1 spiro atoms. The zero-order valence-corrected chi connectivity index (χ0v) is 14.1. The van der Waals surface area contributed by atoms with E-state index in [1.165, 1.54) is 6.07 Å². The van der Waals surface area contributed by atoms with Gasteiger partial charge in [0, 0.05) is 12.8 Å². The lowest BCUT2D eigenvalue weighted by Crippen LogP contribution is -2.56. The van der Waals surface area contributed by atoms with Gasteiger partial charge in [-0.1, -0.05) is 30.3 Å². The summed E-state index contributed by atoms with van der Waals surface area (Å²) >= 11 is 0. The van der Waals surface area contributed by atoms with Gasteiger partial charge in [0.05, 0.1) is 11.5 Å². The van der Waals surface area contributed by atoms with Crippen molar-refractivity contribution >= 4 is 5.78 Å². The summed E-state index contributed by atoms with van der Waals surface area (Å²) in [5, 5.41) is 3.35. The maximum atomic E-state index is 14.0. The topological polar surface area (TPSA) is 38.3 Å². The Labute approximate surface area is 147 Å². The second-order valence-electron chi connectivity index (χ2n) is 6.96. The summed E-state index contributed by atoms with van der Waals surface area (Å²) in [6, 6.07) is 14.3. The minimum absolute atomic E-state index is 0.139. The highest BCUT2D eigenvalue weighted by atomic mass is 19.1. The first kappa shape index (κ1) is 16.3. The molecule has 4 heteroatoms. The number of hydrogen-bond donors (Lipinski definition) is 1. The summed E-state index contributed by atoms with van der Waals surface area (Å²) < 4.78 is 20.4. The lowest BCUT2D eigenvalue weighted by Gasteiger charge is -2.46. The molecule has 3 nitrogen and oxygen atoms in total. The minimum Gasteiger partial charge on any atom is -0.486 e. The van der Waals surface area contributed by atoms with Crippen molar-refractivity contribution in [3.05, 3.63) is 65.5 Å². The molecule has 0 aromatic heterocycles. The molecular weight excluding hydrogens is 317 g/mol. The number of hydrogen-bond acceptors (Lipinski definition) is 3. The maximum Gasteiger partial charge on any atom is 0.173 e. The predicted molar refractivity (Wildman–Crippen MR) is 94.4 cm³/mol. The van der Waals surface area contributed by atoms with E-state index in [2.05, 4.69) is 5.32 Å². The smallest absolute Gasteiger partial charge is 0.173 e. The summed E-state index contributed by atoms with van der Waals surface area (Å²) in [6.07, 6.45) is 2.75. The van der Waals surface area contributed by atoms with Crippen LogP contribution in [0.1, 0.15) is 35.2 Å². The zero-order chi connectivity index (χ0) is 17.3. The van der Waals surface area contributed by atoms with Gasteiger partial charge in [0.2, 0.25) is 0 Å². The third-order valence-corrected chi connectivity index (χ3v) is 5.53. The van der Waals surface area contributed by atoms with Crippen LogP contribution in [0, 0.1) is 11.7 Å². The largest absolute Gasteiger partial charge is 0.486 e. The van der Waals surface area contributed by atoms with Crippen molar-refractivity contribution in [1.29, 1.82) is 0 Å². The first-order valence-corrected chi connectivity index (χ1v) is 8.96. The second kappa shape index (κ2) is 6.60. The molecule has 4 rings (SSSR count). The number of para-hydroxylation sites is 1. The number of rotatable bonds is 3. The predicted octanol–water partition coefficient (Wildman–Crippen LogP) is 3.77. The van der Waals surface area contributed by atoms with Crippen molar-refractivity contribution in [3.8, 4) is 5.75 Å². The summed E-state index contributed by atoms with van der Waals surface area (Å²) in [7, 11) is 0. The van der Waals surface area contributed by atoms with Crippen molar-refractivity contribution in [2.45, 2.75) is 31.3 Å². The van der Waals surface area contributed by atoms with E-state index in [0.29, 0.717) is 29.7 Å². The highest BCUT2D eigenvalue weighted by Gasteiger charge is 2.49. The van der Waals surface area contributed by atoms with Crippen LogP contribution < -0.4 is 10.1 Å². The number of nitrogens with one attached hydrogen (secondary N) is 1. The van der Waals surface area contributed by atoms with E-state index in [-0.39, 0.29) is 17.5 Å². The maximum absolute atomic E-state index is 14.0. The molecule has 0 radical (unpaired) electrons. The fourth-order valence-electron chi connectivity index (χ4n) is 4.17. The zero-order valence-electron chi connectivity index (χ0n) is 14.1. The van der Waals surface area contributed by atoms with Gasteiger partial charge in [-0.15, -0.1) is 0 Å². The van der Waals surface area contributed by atoms with Crippen LogP contribution in [0.15, 0.2) is 48.5 Å². The molecule has 1 unspecified atom stereocenters. The normalized spacial score (nSPS) is 21.6. The Hall–Kier alpha value is -2.20. The molecule has 1 saturated heterocycles. The van der Waals surface area contributed by atoms with Crippen molar-refractivity contribution < 1.29 is 13.9 Å². The van der Waals surface area contributed by atoms with E-state index in [1.807, 2.05) is 30.3 Å². The van der Waals surface area contributed by atoms with Crippen LogP contribution in [0.2, 0.25) is 0 Å². The first-order chi connectivity index (χ1) is 12.2. The summed E-state index contributed by atoms with van der Waals surface area (Å²) in [6.45, 7) is 1.68. The van der Waals surface area contributed by atoms with E-state index < -0.39 is 5.60 Å². The Morgan fingerprint density at radius 3 is 2.60 bits per heavy atom. The number of carbonyl (C=O) groups excluding carboxylic acids is 1. The first-order valence-electron chi connectivity index (χ1n) is 8.96. The third kappa shape index (κ3) is 2.95. The molecule has 2 heterocycles. The molecule has 130 valence electrons. The molecule has 2 aromatic rings. The molecule has 1 N–H and O–H groups in total. The summed E-state index contributed by atoms with van der Waals surface area (Å²) in [5.74, 6) is 0.396. The fraction of sp³-hybridized carbons (Fsp3) is 0.381. The molecule has 0 aliphatic carbocycles. The average molecular weight is 339 g/mol. The average Bonchev–Trinajstić information content (AvgIpc) is 2.64. The number of carbonyl (C=O) groups is 1. The van der Waals surface area contributed by atoms with Gasteiger partial charge in [0.1, 0.15) is 17.2 Å². The monoisotopic (exact) mass is 339 g/mol. The lowest BCUT2D eigenvalue weighted by atomic mass is 9.71. The molecule has 1 atom stereocenters. The summed E-state index contributed by atoms with van der Waals surface area (Å²) in [5.41, 5.74) is 0.852. The Kier molecular flexibility index (Phi) is 4.30. The Morgan fingerprint density at radius 2 is 1.80 bits per heavy atom. The Balaban J connectivity index is 1.65. The highest BCUT2D eigenvalue weighted by Crippen LogP contribution is 2.43. The summed E-state index contributed by atoms with van der Waals surface area (Å²) in [4.78, 5) is 13.2. The molecule has 1 fully saturated rings. The number of ketones is 1. The number of Topliss-reactive ketones (excluding diaryl/α,β-unsaturated/α-hetero) is 1. The number of fused-ring (bicyclic) bond motifs is 1. The van der Waals surface area contributed by atoms with Crippen LogP contribution in [0.5, 0.6) is 5.75 Å². The van der Waals surface area contributed by atoms with E-state index in [1.54, 1.807) is 12.1 Å². The molecule has 2 aromatic carbocycles. The molecule has 0 bridgehead atoms. The molecule has 25 heavy (non-hydrogen) atoms. The molecule has 0 amide bonds. The van der Waals surface area contributed by atoms with Crippen LogP contribution in [0.4, 0.5) is 4.39 Å². The van der Waals surface area contributed by atoms with Gasteiger partial charge >= 0.3 is 0 Å². The van der Waals surface area contributed by atoms with E-state index in [4.69, 9.17) is 4.74 Å². The van der Waals surface area contributed by atoms with Gasteiger partial charge in [-0.2, -0.15) is 0 Å². The fourth-order valence-corrected chi connectivity index (χ4v) is 4.17. The van der Waals surface area contributed by atoms with Crippen LogP contribution in [-0.4, -0.2) is 24.5 Å². The Bertz CT molecular complexity index is 783. The van der Waals surface area contributed by atoms with Crippen molar-refractivity contribution in [3.63, 3.8) is 0 Å². The van der Waals surface area contributed by atoms with E-state index >= 15 is 0 Å². The van der Waals surface area contributed by atoms with Gasteiger partial charge in [0.25, 0.3) is 0 Å². The standard InChI is InChI=1S/C21H22FNO2/c22-18-7-3-1-5-15(18)9-10-17-20(24)16-6-2-4-8-19(16)25-21(17)11-13-23-14-12-21/h1-8,17,23H,9-14H2. The molecule has 2 aliphatic heterocycles. The molecule has 2 aliphatic rings. The Morgan fingerprint density at radius 1 is 1.08 bits per heavy atom.